The van der Waals surface area contributed by atoms with E-state index in [0.29, 0.717) is 18.8 Å². The molecule has 0 atom stereocenters. The lowest BCUT2D eigenvalue weighted by atomic mass is 9.90. The van der Waals surface area contributed by atoms with Crippen molar-refractivity contribution in [2.75, 3.05) is 19.6 Å². The minimum absolute atomic E-state index is 0.467. The predicted molar refractivity (Wildman–Crippen MR) is 54.7 cm³/mol. The lowest BCUT2D eigenvalue weighted by Crippen LogP contribution is -2.52. The molecule has 4 heteroatoms. The zero-order chi connectivity index (χ0) is 10.8. The summed E-state index contributed by atoms with van der Waals surface area (Å²) in [6, 6.07) is 0. The van der Waals surface area contributed by atoms with Gasteiger partial charge in [0, 0.05) is 19.6 Å². The number of primary amides is 1. The Hall–Kier alpha value is -0.610. The number of carbonyl (C=O) groups is 1. The van der Waals surface area contributed by atoms with Crippen LogP contribution in [0, 0.1) is 5.92 Å². The van der Waals surface area contributed by atoms with E-state index in [1.807, 2.05) is 0 Å². The van der Waals surface area contributed by atoms with Crippen LogP contribution in [-0.2, 0) is 4.79 Å². The van der Waals surface area contributed by atoms with E-state index in [2.05, 4.69) is 18.7 Å². The van der Waals surface area contributed by atoms with E-state index < -0.39 is 11.5 Å². The fourth-order valence-corrected chi connectivity index (χ4v) is 1.87. The average molecular weight is 200 g/mol. The molecule has 0 aromatic heterocycles. The lowest BCUT2D eigenvalue weighted by molar-refractivity contribution is -0.141. The first kappa shape index (κ1) is 11.5. The molecule has 0 aromatic carbocycles. The van der Waals surface area contributed by atoms with E-state index in [1.165, 1.54) is 0 Å². The minimum atomic E-state index is -1.26. The number of amides is 1. The molecule has 1 heterocycles. The molecule has 0 unspecified atom stereocenters. The second-order valence-electron chi connectivity index (χ2n) is 4.59. The van der Waals surface area contributed by atoms with Crippen molar-refractivity contribution in [3.05, 3.63) is 0 Å². The fourth-order valence-electron chi connectivity index (χ4n) is 1.87. The summed E-state index contributed by atoms with van der Waals surface area (Å²) < 4.78 is 0. The summed E-state index contributed by atoms with van der Waals surface area (Å²) in [7, 11) is 0. The van der Waals surface area contributed by atoms with Crippen LogP contribution in [0.2, 0.25) is 0 Å². The van der Waals surface area contributed by atoms with Crippen molar-refractivity contribution in [2.24, 2.45) is 11.7 Å². The van der Waals surface area contributed by atoms with E-state index in [4.69, 9.17) is 5.73 Å². The number of rotatable bonds is 3. The van der Waals surface area contributed by atoms with Crippen molar-refractivity contribution in [2.45, 2.75) is 32.3 Å². The molecule has 1 aliphatic heterocycles. The quantitative estimate of drug-likeness (QED) is 0.671. The monoisotopic (exact) mass is 200 g/mol. The van der Waals surface area contributed by atoms with E-state index in [0.717, 1.165) is 19.6 Å². The van der Waals surface area contributed by atoms with Crippen LogP contribution in [0.1, 0.15) is 26.7 Å². The zero-order valence-electron chi connectivity index (χ0n) is 8.99. The molecule has 0 radical (unpaired) electrons. The van der Waals surface area contributed by atoms with Crippen LogP contribution >= 0.6 is 0 Å². The third-order valence-electron chi connectivity index (χ3n) is 2.77. The molecule has 4 nitrogen and oxygen atoms in total. The highest BCUT2D eigenvalue weighted by atomic mass is 16.3. The molecule has 0 aromatic rings. The Morgan fingerprint density at radius 2 is 2.00 bits per heavy atom. The Bertz CT molecular complexity index is 208. The van der Waals surface area contributed by atoms with Gasteiger partial charge < -0.3 is 15.7 Å². The maximum absolute atomic E-state index is 11.0. The Balaban J connectivity index is 2.42. The van der Waals surface area contributed by atoms with E-state index in [1.54, 1.807) is 0 Å². The number of likely N-dealkylation sites (tertiary alicyclic amines) is 1. The van der Waals surface area contributed by atoms with Gasteiger partial charge in [-0.3, -0.25) is 4.79 Å². The first-order chi connectivity index (χ1) is 6.44. The molecule has 1 fully saturated rings. The first-order valence-corrected chi connectivity index (χ1v) is 5.19. The number of piperidine rings is 1. The van der Waals surface area contributed by atoms with Crippen molar-refractivity contribution >= 4 is 5.91 Å². The van der Waals surface area contributed by atoms with Crippen molar-refractivity contribution in [1.29, 1.82) is 0 Å². The lowest BCUT2D eigenvalue weighted by Gasteiger charge is -2.36. The fraction of sp³-hybridized carbons (Fsp3) is 0.900. The molecular weight excluding hydrogens is 180 g/mol. The molecular formula is C10H20N2O2. The molecule has 1 saturated heterocycles. The molecule has 0 aliphatic carbocycles. The van der Waals surface area contributed by atoms with Gasteiger partial charge in [-0.15, -0.1) is 0 Å². The largest absolute Gasteiger partial charge is 0.380 e. The highest BCUT2D eigenvalue weighted by Gasteiger charge is 2.37. The average Bonchev–Trinajstić information content (AvgIpc) is 2.08. The minimum Gasteiger partial charge on any atom is -0.380 e. The van der Waals surface area contributed by atoms with Crippen LogP contribution in [0.3, 0.4) is 0 Å². The second-order valence-corrected chi connectivity index (χ2v) is 4.59. The van der Waals surface area contributed by atoms with Crippen molar-refractivity contribution in [1.82, 2.24) is 4.90 Å². The first-order valence-electron chi connectivity index (χ1n) is 5.19. The number of nitrogens with two attached hydrogens (primary N) is 1. The van der Waals surface area contributed by atoms with Crippen LogP contribution in [0.25, 0.3) is 0 Å². The number of aliphatic hydroxyl groups is 1. The van der Waals surface area contributed by atoms with Crippen LogP contribution in [0.15, 0.2) is 0 Å². The normalized spacial score (nSPS) is 22.6. The van der Waals surface area contributed by atoms with E-state index in [-0.39, 0.29) is 0 Å². The number of hydrogen-bond acceptors (Lipinski definition) is 3. The smallest absolute Gasteiger partial charge is 0.249 e. The number of carbonyl (C=O) groups excluding carboxylic acids is 1. The summed E-state index contributed by atoms with van der Waals surface area (Å²) in [5, 5.41) is 9.80. The van der Waals surface area contributed by atoms with Gasteiger partial charge in [0.2, 0.25) is 5.91 Å². The van der Waals surface area contributed by atoms with E-state index in [9.17, 15) is 9.90 Å². The molecule has 0 saturated carbocycles. The van der Waals surface area contributed by atoms with Crippen molar-refractivity contribution < 1.29 is 9.90 Å². The summed E-state index contributed by atoms with van der Waals surface area (Å²) in [5.41, 5.74) is 3.88. The van der Waals surface area contributed by atoms with Gasteiger partial charge in [-0.25, -0.2) is 0 Å². The number of hydrogen-bond donors (Lipinski definition) is 2. The van der Waals surface area contributed by atoms with Crippen LogP contribution in [0.4, 0.5) is 0 Å². The Labute approximate surface area is 85.1 Å². The molecule has 14 heavy (non-hydrogen) atoms. The second kappa shape index (κ2) is 4.28. The zero-order valence-corrected chi connectivity index (χ0v) is 8.99. The van der Waals surface area contributed by atoms with Gasteiger partial charge in [0.05, 0.1) is 0 Å². The maximum atomic E-state index is 11.0. The molecule has 0 spiro atoms. The third-order valence-corrected chi connectivity index (χ3v) is 2.77. The number of nitrogens with zero attached hydrogens (tertiary/aromatic N) is 1. The Morgan fingerprint density at radius 3 is 2.36 bits per heavy atom. The summed E-state index contributed by atoms with van der Waals surface area (Å²) in [5.74, 6) is 0.0384. The van der Waals surface area contributed by atoms with Gasteiger partial charge in [0.15, 0.2) is 0 Å². The van der Waals surface area contributed by atoms with Crippen molar-refractivity contribution in [3.63, 3.8) is 0 Å². The van der Waals surface area contributed by atoms with Gasteiger partial charge in [-0.2, -0.15) is 0 Å². The predicted octanol–water partition coefficient (Wildman–Crippen LogP) is -0.0454. The van der Waals surface area contributed by atoms with Gasteiger partial charge in [0.1, 0.15) is 5.60 Å². The van der Waals surface area contributed by atoms with Crippen LogP contribution in [0.5, 0.6) is 0 Å². The SMILES string of the molecule is CC(C)CN1CCC(O)(C(N)=O)CC1. The summed E-state index contributed by atoms with van der Waals surface area (Å²) in [4.78, 5) is 13.2. The highest BCUT2D eigenvalue weighted by Crippen LogP contribution is 2.22. The van der Waals surface area contributed by atoms with Gasteiger partial charge >= 0.3 is 0 Å². The molecule has 1 aliphatic rings. The topological polar surface area (TPSA) is 66.6 Å². The van der Waals surface area contributed by atoms with Crippen LogP contribution in [-0.4, -0.2) is 41.1 Å². The molecule has 82 valence electrons. The summed E-state index contributed by atoms with van der Waals surface area (Å²) in [6.07, 6.45) is 0.935. The highest BCUT2D eigenvalue weighted by molar-refractivity contribution is 5.83. The molecule has 1 amide bonds. The Kier molecular flexibility index (Phi) is 3.50. The van der Waals surface area contributed by atoms with Crippen LogP contribution < -0.4 is 5.73 Å². The van der Waals surface area contributed by atoms with E-state index >= 15 is 0 Å². The van der Waals surface area contributed by atoms with Crippen molar-refractivity contribution in [3.8, 4) is 0 Å². The molecule has 1 rings (SSSR count). The Morgan fingerprint density at radius 1 is 1.50 bits per heavy atom. The van der Waals surface area contributed by atoms with Gasteiger partial charge in [0.25, 0.3) is 0 Å². The maximum Gasteiger partial charge on any atom is 0.249 e. The molecule has 0 bridgehead atoms. The molecule has 3 N–H and O–H groups in total. The van der Waals surface area contributed by atoms with Gasteiger partial charge in [-0.1, -0.05) is 13.8 Å². The standard InChI is InChI=1S/C10H20N2O2/c1-8(2)7-12-5-3-10(14,4-6-12)9(11)13/h8,14H,3-7H2,1-2H3,(H2,11,13). The van der Waals surface area contributed by atoms with Gasteiger partial charge in [-0.05, 0) is 18.8 Å². The third kappa shape index (κ3) is 2.69. The summed E-state index contributed by atoms with van der Waals surface area (Å²) in [6.45, 7) is 6.87. The summed E-state index contributed by atoms with van der Waals surface area (Å²) >= 11 is 0.